The van der Waals surface area contributed by atoms with Gasteiger partial charge in [0.1, 0.15) is 18.2 Å². The lowest BCUT2D eigenvalue weighted by Gasteiger charge is -2.12. The van der Waals surface area contributed by atoms with E-state index in [0.717, 1.165) is 19.4 Å². The van der Waals surface area contributed by atoms with Crippen molar-refractivity contribution in [2.75, 3.05) is 18.5 Å². The number of halogens is 2. The van der Waals surface area contributed by atoms with E-state index in [2.05, 4.69) is 26.2 Å². The summed E-state index contributed by atoms with van der Waals surface area (Å²) in [5.74, 6) is 0.796. The number of carbonyl (C=O) groups is 1. The fourth-order valence-electron chi connectivity index (χ4n) is 2.36. The molecule has 1 aliphatic rings. The van der Waals surface area contributed by atoms with Crippen molar-refractivity contribution >= 4 is 39.3 Å². The summed E-state index contributed by atoms with van der Waals surface area (Å²) in [4.78, 5) is 16.4. The molecule has 126 valence electrons. The number of ether oxygens (including phenoxy) is 2. The van der Waals surface area contributed by atoms with Gasteiger partial charge in [0.2, 0.25) is 0 Å². The van der Waals surface area contributed by atoms with Crippen LogP contribution in [0.3, 0.4) is 0 Å². The van der Waals surface area contributed by atoms with E-state index in [4.69, 9.17) is 21.1 Å². The van der Waals surface area contributed by atoms with Crippen LogP contribution in [0.4, 0.5) is 5.82 Å². The van der Waals surface area contributed by atoms with E-state index in [9.17, 15) is 4.79 Å². The van der Waals surface area contributed by atoms with Crippen LogP contribution in [-0.4, -0.2) is 30.2 Å². The van der Waals surface area contributed by atoms with Crippen LogP contribution in [0.25, 0.3) is 0 Å². The van der Waals surface area contributed by atoms with Gasteiger partial charge in [-0.05, 0) is 53.0 Å². The SMILES string of the molecule is O=C(Nc1cc(Br)c(Cl)cn1)c1cccc(OC[C@@H]2CCCO2)c1. The topological polar surface area (TPSA) is 60.5 Å². The van der Waals surface area contributed by atoms with E-state index in [1.165, 1.54) is 6.20 Å². The third-order valence-corrected chi connectivity index (χ3v) is 4.79. The second-order valence-corrected chi connectivity index (χ2v) is 6.67. The molecule has 5 nitrogen and oxygen atoms in total. The zero-order chi connectivity index (χ0) is 16.9. The molecule has 2 aromatic rings. The van der Waals surface area contributed by atoms with Gasteiger partial charge in [-0.2, -0.15) is 0 Å². The van der Waals surface area contributed by atoms with Crippen LogP contribution in [0.5, 0.6) is 5.75 Å². The van der Waals surface area contributed by atoms with Crippen LogP contribution in [0, 0.1) is 0 Å². The van der Waals surface area contributed by atoms with Crippen LogP contribution in [-0.2, 0) is 4.74 Å². The Morgan fingerprint density at radius 1 is 1.46 bits per heavy atom. The number of nitrogens with zero attached hydrogens (tertiary/aromatic N) is 1. The van der Waals surface area contributed by atoms with E-state index in [1.807, 2.05) is 6.07 Å². The maximum Gasteiger partial charge on any atom is 0.256 e. The number of nitrogens with one attached hydrogen (secondary N) is 1. The van der Waals surface area contributed by atoms with Gasteiger partial charge in [-0.15, -0.1) is 0 Å². The molecule has 0 aliphatic carbocycles. The molecule has 1 saturated heterocycles. The number of rotatable bonds is 5. The van der Waals surface area contributed by atoms with Crippen LogP contribution < -0.4 is 10.1 Å². The monoisotopic (exact) mass is 410 g/mol. The van der Waals surface area contributed by atoms with Gasteiger partial charge in [-0.1, -0.05) is 17.7 Å². The molecule has 24 heavy (non-hydrogen) atoms. The highest BCUT2D eigenvalue weighted by atomic mass is 79.9. The van der Waals surface area contributed by atoms with Crippen LogP contribution in [0.15, 0.2) is 41.0 Å². The Morgan fingerprint density at radius 3 is 3.08 bits per heavy atom. The Labute approximate surface area is 153 Å². The summed E-state index contributed by atoms with van der Waals surface area (Å²) in [6.45, 7) is 1.29. The average Bonchev–Trinajstić information content (AvgIpc) is 3.10. The van der Waals surface area contributed by atoms with E-state index in [0.29, 0.717) is 33.2 Å². The van der Waals surface area contributed by atoms with Gasteiger partial charge < -0.3 is 14.8 Å². The molecule has 1 aromatic carbocycles. The minimum Gasteiger partial charge on any atom is -0.491 e. The molecule has 1 N–H and O–H groups in total. The van der Waals surface area contributed by atoms with E-state index in [1.54, 1.807) is 24.3 Å². The number of anilines is 1. The first kappa shape index (κ1) is 17.2. The van der Waals surface area contributed by atoms with Gasteiger partial charge in [0.05, 0.1) is 11.1 Å². The Morgan fingerprint density at radius 2 is 2.33 bits per heavy atom. The Balaban J connectivity index is 1.63. The lowest BCUT2D eigenvalue weighted by molar-refractivity contribution is 0.0679. The van der Waals surface area contributed by atoms with E-state index < -0.39 is 0 Å². The van der Waals surface area contributed by atoms with Crippen molar-refractivity contribution in [3.63, 3.8) is 0 Å². The maximum absolute atomic E-state index is 12.3. The number of carbonyl (C=O) groups excluding carboxylic acids is 1. The molecule has 1 aromatic heterocycles. The Hall–Kier alpha value is -1.63. The summed E-state index contributed by atoms with van der Waals surface area (Å²) < 4.78 is 11.9. The lowest BCUT2D eigenvalue weighted by atomic mass is 10.2. The van der Waals surface area contributed by atoms with Gasteiger partial charge in [0, 0.05) is 22.8 Å². The molecular formula is C17H16BrClN2O3. The predicted molar refractivity (Wildman–Crippen MR) is 95.8 cm³/mol. The second kappa shape index (κ2) is 7.96. The highest BCUT2D eigenvalue weighted by Gasteiger charge is 2.16. The minimum absolute atomic E-state index is 0.137. The molecule has 0 spiro atoms. The van der Waals surface area contributed by atoms with Crippen molar-refractivity contribution in [2.24, 2.45) is 0 Å². The average molecular weight is 412 g/mol. The normalized spacial score (nSPS) is 16.8. The summed E-state index contributed by atoms with van der Waals surface area (Å²) in [7, 11) is 0. The molecule has 7 heteroatoms. The van der Waals surface area contributed by atoms with Crippen molar-refractivity contribution in [3.8, 4) is 5.75 Å². The number of amides is 1. The molecule has 1 amide bonds. The summed E-state index contributed by atoms with van der Waals surface area (Å²) in [6.07, 6.45) is 3.69. The molecule has 0 radical (unpaired) electrons. The van der Waals surface area contributed by atoms with Crippen molar-refractivity contribution in [1.82, 2.24) is 4.98 Å². The maximum atomic E-state index is 12.3. The molecule has 0 saturated carbocycles. The van der Waals surface area contributed by atoms with E-state index in [-0.39, 0.29) is 12.0 Å². The van der Waals surface area contributed by atoms with Crippen molar-refractivity contribution in [3.05, 3.63) is 51.6 Å². The first-order valence-electron chi connectivity index (χ1n) is 7.58. The molecule has 3 rings (SSSR count). The number of pyridine rings is 1. The first-order valence-corrected chi connectivity index (χ1v) is 8.76. The zero-order valence-corrected chi connectivity index (χ0v) is 15.1. The van der Waals surface area contributed by atoms with Gasteiger partial charge >= 0.3 is 0 Å². The number of hydrogen-bond donors (Lipinski definition) is 1. The smallest absolute Gasteiger partial charge is 0.256 e. The minimum atomic E-state index is -0.265. The molecule has 0 unspecified atom stereocenters. The van der Waals surface area contributed by atoms with Crippen molar-refractivity contribution in [2.45, 2.75) is 18.9 Å². The molecular weight excluding hydrogens is 396 g/mol. The highest BCUT2D eigenvalue weighted by molar-refractivity contribution is 9.10. The molecule has 1 atom stereocenters. The van der Waals surface area contributed by atoms with Gasteiger partial charge in [-0.25, -0.2) is 4.98 Å². The first-order chi connectivity index (χ1) is 11.6. The van der Waals surface area contributed by atoms with Crippen LogP contribution in [0.1, 0.15) is 23.2 Å². The second-order valence-electron chi connectivity index (χ2n) is 5.41. The fourth-order valence-corrected chi connectivity index (χ4v) is 2.79. The van der Waals surface area contributed by atoms with Gasteiger partial charge in [0.15, 0.2) is 0 Å². The molecule has 1 aliphatic heterocycles. The molecule has 2 heterocycles. The fraction of sp³-hybridized carbons (Fsp3) is 0.294. The third kappa shape index (κ3) is 4.47. The number of aromatic nitrogens is 1. The summed E-state index contributed by atoms with van der Waals surface area (Å²) in [5, 5.41) is 3.22. The number of hydrogen-bond acceptors (Lipinski definition) is 4. The van der Waals surface area contributed by atoms with Crippen molar-refractivity contribution < 1.29 is 14.3 Å². The summed E-state index contributed by atoms with van der Waals surface area (Å²) in [6, 6.07) is 8.68. The van der Waals surface area contributed by atoms with Crippen LogP contribution >= 0.6 is 27.5 Å². The molecule has 1 fully saturated rings. The van der Waals surface area contributed by atoms with E-state index >= 15 is 0 Å². The van der Waals surface area contributed by atoms with Gasteiger partial charge in [-0.3, -0.25) is 4.79 Å². The van der Waals surface area contributed by atoms with Gasteiger partial charge in [0.25, 0.3) is 5.91 Å². The Bertz CT molecular complexity index is 736. The highest BCUT2D eigenvalue weighted by Crippen LogP contribution is 2.24. The third-order valence-electron chi connectivity index (χ3n) is 3.61. The van der Waals surface area contributed by atoms with Crippen LogP contribution in [0.2, 0.25) is 5.02 Å². The van der Waals surface area contributed by atoms with Crippen molar-refractivity contribution in [1.29, 1.82) is 0 Å². The summed E-state index contributed by atoms with van der Waals surface area (Å²) in [5.41, 5.74) is 0.493. The zero-order valence-electron chi connectivity index (χ0n) is 12.8. The lowest BCUT2D eigenvalue weighted by Crippen LogP contribution is -2.17. The standard InChI is InChI=1S/C17H16BrClN2O3/c18-14-8-16(20-9-15(14)19)21-17(22)11-3-1-4-12(7-11)24-10-13-5-2-6-23-13/h1,3-4,7-9,13H,2,5-6,10H2,(H,20,21,22)/t13-/m0/s1. The quantitative estimate of drug-likeness (QED) is 0.796. The summed E-state index contributed by atoms with van der Waals surface area (Å²) >= 11 is 9.20. The Kier molecular flexibility index (Phi) is 5.71. The number of benzene rings is 1. The molecule has 0 bridgehead atoms. The predicted octanol–water partition coefficient (Wildman–Crippen LogP) is 4.31. The largest absolute Gasteiger partial charge is 0.491 e.